The van der Waals surface area contributed by atoms with Crippen LogP contribution in [0.4, 0.5) is 5.69 Å². The summed E-state index contributed by atoms with van der Waals surface area (Å²) in [6.07, 6.45) is 1.41. The van der Waals surface area contributed by atoms with E-state index in [4.69, 9.17) is 0 Å². The third kappa shape index (κ3) is 0.710. The molecular formula is C10H11N. The zero-order valence-corrected chi connectivity index (χ0v) is 6.38. The minimum atomic E-state index is 0.896. The maximum Gasteiger partial charge on any atom is 0.0375 e. The van der Waals surface area contributed by atoms with Crippen molar-refractivity contribution in [2.45, 2.75) is 12.3 Å². The van der Waals surface area contributed by atoms with Gasteiger partial charge in [0.15, 0.2) is 0 Å². The molecule has 0 aromatic heterocycles. The van der Waals surface area contributed by atoms with Gasteiger partial charge in [0.1, 0.15) is 0 Å². The van der Waals surface area contributed by atoms with Crippen LogP contribution in [0.2, 0.25) is 0 Å². The van der Waals surface area contributed by atoms with E-state index in [1.54, 1.807) is 5.56 Å². The quantitative estimate of drug-likeness (QED) is 0.590. The summed E-state index contributed by atoms with van der Waals surface area (Å²) in [6, 6.07) is 8.69. The molecule has 0 radical (unpaired) electrons. The lowest BCUT2D eigenvalue weighted by molar-refractivity contribution is 0.817. The maximum atomic E-state index is 3.45. The Hall–Kier alpha value is -0.980. The lowest BCUT2D eigenvalue weighted by atomic mass is 10.0. The number of fused-ring (bicyclic) bond motifs is 3. The molecule has 2 aliphatic rings. The van der Waals surface area contributed by atoms with Gasteiger partial charge in [0.25, 0.3) is 0 Å². The Morgan fingerprint density at radius 3 is 3.18 bits per heavy atom. The molecule has 3 rings (SSSR count). The second kappa shape index (κ2) is 1.79. The van der Waals surface area contributed by atoms with Gasteiger partial charge in [-0.3, -0.25) is 0 Å². The number of nitrogens with one attached hydrogen (secondary N) is 1. The first kappa shape index (κ1) is 5.64. The zero-order valence-electron chi connectivity index (χ0n) is 6.38. The molecule has 1 heteroatoms. The molecule has 1 aliphatic carbocycles. The summed E-state index contributed by atoms with van der Waals surface area (Å²) in [7, 11) is 0. The summed E-state index contributed by atoms with van der Waals surface area (Å²) in [5.41, 5.74) is 2.91. The van der Waals surface area contributed by atoms with Gasteiger partial charge in [-0.15, -0.1) is 0 Å². The Bertz CT molecular complexity index is 293. The largest absolute Gasteiger partial charge is 0.385 e. The van der Waals surface area contributed by atoms with E-state index in [0.29, 0.717) is 0 Å². The third-order valence-corrected chi connectivity index (χ3v) is 2.84. The number of hydrogen-bond donors (Lipinski definition) is 1. The van der Waals surface area contributed by atoms with Crippen LogP contribution >= 0.6 is 0 Å². The van der Waals surface area contributed by atoms with Gasteiger partial charge < -0.3 is 5.32 Å². The summed E-state index contributed by atoms with van der Waals surface area (Å²) in [6.45, 7) is 1.20. The van der Waals surface area contributed by atoms with Crippen molar-refractivity contribution < 1.29 is 0 Å². The fourth-order valence-corrected chi connectivity index (χ4v) is 2.08. The van der Waals surface area contributed by atoms with Crippen molar-refractivity contribution in [3.8, 4) is 0 Å². The van der Waals surface area contributed by atoms with Gasteiger partial charge in [0.2, 0.25) is 0 Å². The molecule has 1 nitrogen and oxygen atoms in total. The Morgan fingerprint density at radius 1 is 1.27 bits per heavy atom. The van der Waals surface area contributed by atoms with Crippen LogP contribution < -0.4 is 5.32 Å². The highest BCUT2D eigenvalue weighted by atomic mass is 14.9. The van der Waals surface area contributed by atoms with Gasteiger partial charge in [0, 0.05) is 12.2 Å². The molecule has 1 fully saturated rings. The molecule has 0 unspecified atom stereocenters. The highest BCUT2D eigenvalue weighted by molar-refractivity contribution is 5.57. The normalized spacial score (nSPS) is 31.6. The Kier molecular flexibility index (Phi) is 0.916. The molecule has 1 aliphatic heterocycles. The number of hydrogen-bond acceptors (Lipinski definition) is 1. The second-order valence-electron chi connectivity index (χ2n) is 3.57. The minimum Gasteiger partial charge on any atom is -0.385 e. The van der Waals surface area contributed by atoms with E-state index < -0.39 is 0 Å². The van der Waals surface area contributed by atoms with Crippen molar-refractivity contribution in [1.29, 1.82) is 0 Å². The summed E-state index contributed by atoms with van der Waals surface area (Å²) >= 11 is 0. The highest BCUT2D eigenvalue weighted by Gasteiger charge is 2.41. The monoisotopic (exact) mass is 145 g/mol. The van der Waals surface area contributed by atoms with Gasteiger partial charge in [-0.2, -0.15) is 0 Å². The van der Waals surface area contributed by atoms with Crippen molar-refractivity contribution in [3.63, 3.8) is 0 Å². The van der Waals surface area contributed by atoms with Crippen molar-refractivity contribution in [1.82, 2.24) is 0 Å². The van der Waals surface area contributed by atoms with Crippen LogP contribution in [0, 0.1) is 5.92 Å². The minimum absolute atomic E-state index is 0.896. The average molecular weight is 145 g/mol. The van der Waals surface area contributed by atoms with Crippen LogP contribution in [0.25, 0.3) is 0 Å². The van der Waals surface area contributed by atoms with Crippen LogP contribution in [0.15, 0.2) is 24.3 Å². The zero-order chi connectivity index (χ0) is 7.26. The van der Waals surface area contributed by atoms with E-state index in [9.17, 15) is 0 Å². The standard InChI is InChI=1S/C10H11N/c1-2-4-10-8(3-1)9-5-7(9)6-11-10/h1-4,7,9,11H,5-6H2/t7-,9-/m1/s1. The van der Waals surface area contributed by atoms with Gasteiger partial charge >= 0.3 is 0 Å². The smallest absolute Gasteiger partial charge is 0.0375 e. The van der Waals surface area contributed by atoms with Gasteiger partial charge in [-0.05, 0) is 29.9 Å². The van der Waals surface area contributed by atoms with Crippen molar-refractivity contribution in [2.75, 3.05) is 11.9 Å². The van der Waals surface area contributed by atoms with Crippen LogP contribution in [0.1, 0.15) is 17.9 Å². The van der Waals surface area contributed by atoms with Crippen LogP contribution in [0.5, 0.6) is 0 Å². The Balaban J connectivity index is 2.14. The molecule has 0 spiro atoms. The molecular weight excluding hydrogens is 134 g/mol. The molecule has 0 bridgehead atoms. The number of para-hydroxylation sites is 1. The Morgan fingerprint density at radius 2 is 2.18 bits per heavy atom. The van der Waals surface area contributed by atoms with Crippen molar-refractivity contribution in [3.05, 3.63) is 29.8 Å². The predicted molar refractivity (Wildman–Crippen MR) is 45.8 cm³/mol. The van der Waals surface area contributed by atoms with Crippen LogP contribution in [-0.4, -0.2) is 6.54 Å². The first-order valence-corrected chi connectivity index (χ1v) is 4.28. The fourth-order valence-electron chi connectivity index (χ4n) is 2.08. The van der Waals surface area contributed by atoms with Gasteiger partial charge in [-0.25, -0.2) is 0 Å². The van der Waals surface area contributed by atoms with E-state index in [0.717, 1.165) is 11.8 Å². The average Bonchev–Trinajstić information content (AvgIpc) is 2.83. The summed E-state index contributed by atoms with van der Waals surface area (Å²) < 4.78 is 0. The molecule has 1 aromatic carbocycles. The number of anilines is 1. The first-order valence-electron chi connectivity index (χ1n) is 4.28. The van der Waals surface area contributed by atoms with E-state index in [1.165, 1.54) is 18.7 Å². The molecule has 1 heterocycles. The van der Waals surface area contributed by atoms with E-state index in [2.05, 4.69) is 29.6 Å². The van der Waals surface area contributed by atoms with Gasteiger partial charge in [-0.1, -0.05) is 18.2 Å². The summed E-state index contributed by atoms with van der Waals surface area (Å²) in [4.78, 5) is 0. The third-order valence-electron chi connectivity index (χ3n) is 2.84. The van der Waals surface area contributed by atoms with Crippen molar-refractivity contribution in [2.24, 2.45) is 5.92 Å². The molecule has 0 saturated heterocycles. The van der Waals surface area contributed by atoms with Crippen molar-refractivity contribution >= 4 is 5.69 Å². The second-order valence-corrected chi connectivity index (χ2v) is 3.57. The fraction of sp³-hybridized carbons (Fsp3) is 0.400. The topological polar surface area (TPSA) is 12.0 Å². The molecule has 1 saturated carbocycles. The van der Waals surface area contributed by atoms with Crippen LogP contribution in [-0.2, 0) is 0 Å². The van der Waals surface area contributed by atoms with E-state index in [-0.39, 0.29) is 0 Å². The molecule has 11 heavy (non-hydrogen) atoms. The molecule has 1 aromatic rings. The molecule has 1 N–H and O–H groups in total. The SMILES string of the molecule is c1ccc2c(c1)NC[C@H]1C[C@@H]21. The predicted octanol–water partition coefficient (Wildman–Crippen LogP) is 2.22. The lowest BCUT2D eigenvalue weighted by Crippen LogP contribution is -2.11. The molecule has 0 amide bonds. The molecule has 2 atom stereocenters. The summed E-state index contributed by atoms with van der Waals surface area (Å²) in [5, 5.41) is 3.45. The summed E-state index contributed by atoms with van der Waals surface area (Å²) in [5.74, 6) is 1.84. The lowest BCUT2D eigenvalue weighted by Gasteiger charge is -2.16. The van der Waals surface area contributed by atoms with E-state index in [1.807, 2.05) is 0 Å². The van der Waals surface area contributed by atoms with E-state index >= 15 is 0 Å². The highest BCUT2D eigenvalue weighted by Crippen LogP contribution is 2.52. The maximum absolute atomic E-state index is 3.45. The first-order chi connectivity index (χ1) is 5.45. The van der Waals surface area contributed by atoms with Gasteiger partial charge in [0.05, 0.1) is 0 Å². The molecule has 56 valence electrons. The van der Waals surface area contributed by atoms with Crippen LogP contribution in [0.3, 0.4) is 0 Å². The number of rotatable bonds is 0. The number of benzene rings is 1. The Labute approximate surface area is 66.4 Å².